The first-order valence-electron chi connectivity index (χ1n) is 12.0. The highest BCUT2D eigenvalue weighted by molar-refractivity contribution is 6.07. The highest BCUT2D eigenvalue weighted by Gasteiger charge is 2.33. The Morgan fingerprint density at radius 3 is 2.65 bits per heavy atom. The standard InChI is InChI=1S/C25H25F4N7O4/c1-12-2-3-13(4-17(12)25(27,28)29)18(7-22(38)39)34-21(37)11-30-23(40)14-5-19(16-10-33-36-20(16)6-14)35-24-31-8-15(26)9-32-24/h2-6,10,15,18H,7-9,11H2,1H3,(H,30,40)(H,33,36)(H,34,37)(H,38,39)(H2,31,32,35). The van der Waals surface area contributed by atoms with E-state index in [1.807, 2.05) is 0 Å². The molecule has 2 amide bonds. The first-order chi connectivity index (χ1) is 18.9. The van der Waals surface area contributed by atoms with Gasteiger partial charge in [0.25, 0.3) is 5.91 Å². The lowest BCUT2D eigenvalue weighted by Gasteiger charge is -2.20. The Balaban J connectivity index is 1.46. The van der Waals surface area contributed by atoms with Crippen LogP contribution in [0, 0.1) is 6.92 Å². The summed E-state index contributed by atoms with van der Waals surface area (Å²) in [6, 6.07) is 5.01. The normalized spacial score (nSPS) is 16.0. The van der Waals surface area contributed by atoms with Crippen LogP contribution in [0.2, 0.25) is 0 Å². The van der Waals surface area contributed by atoms with Gasteiger partial charge in [0.1, 0.15) is 6.17 Å². The number of amides is 2. The van der Waals surface area contributed by atoms with Crippen molar-refractivity contribution < 1.29 is 37.1 Å². The Hall–Kier alpha value is -4.69. The number of nitrogens with zero attached hydrogens (tertiary/aromatic N) is 2. The molecular weight excluding hydrogens is 538 g/mol. The van der Waals surface area contributed by atoms with Gasteiger partial charge in [-0.25, -0.2) is 9.38 Å². The van der Waals surface area contributed by atoms with Crippen LogP contribution in [0.5, 0.6) is 0 Å². The van der Waals surface area contributed by atoms with E-state index in [9.17, 15) is 37.1 Å². The zero-order chi connectivity index (χ0) is 29.0. The highest BCUT2D eigenvalue weighted by atomic mass is 19.4. The maximum absolute atomic E-state index is 13.4. The molecule has 0 fully saturated rings. The summed E-state index contributed by atoms with van der Waals surface area (Å²) in [6.45, 7) is 0.733. The second-order valence-electron chi connectivity index (χ2n) is 9.12. The molecule has 2 heterocycles. The molecule has 15 heteroatoms. The van der Waals surface area contributed by atoms with Gasteiger partial charge >= 0.3 is 12.1 Å². The molecule has 4 rings (SSSR count). The van der Waals surface area contributed by atoms with Crippen LogP contribution in [0.3, 0.4) is 0 Å². The summed E-state index contributed by atoms with van der Waals surface area (Å²) in [5, 5.41) is 27.1. The third-order valence-electron chi connectivity index (χ3n) is 6.11. The summed E-state index contributed by atoms with van der Waals surface area (Å²) in [5.74, 6) is -2.50. The van der Waals surface area contributed by atoms with E-state index in [2.05, 4.69) is 36.5 Å². The summed E-state index contributed by atoms with van der Waals surface area (Å²) >= 11 is 0. The molecule has 0 saturated carbocycles. The molecule has 212 valence electrons. The predicted octanol–water partition coefficient (Wildman–Crippen LogP) is 2.66. The number of aryl methyl sites for hydroxylation is 1. The largest absolute Gasteiger partial charge is 0.481 e. The number of halogens is 4. The summed E-state index contributed by atoms with van der Waals surface area (Å²) in [7, 11) is 0. The monoisotopic (exact) mass is 563 g/mol. The van der Waals surface area contributed by atoms with Crippen molar-refractivity contribution in [2.45, 2.75) is 31.7 Å². The van der Waals surface area contributed by atoms with Crippen molar-refractivity contribution in [3.8, 4) is 0 Å². The lowest BCUT2D eigenvalue weighted by atomic mass is 9.98. The summed E-state index contributed by atoms with van der Waals surface area (Å²) in [6.07, 6.45) is -4.93. The van der Waals surface area contributed by atoms with Crippen molar-refractivity contribution >= 4 is 40.3 Å². The minimum Gasteiger partial charge on any atom is -0.481 e. The minimum absolute atomic E-state index is 0.0257. The van der Waals surface area contributed by atoms with Crippen molar-refractivity contribution in [3.63, 3.8) is 0 Å². The van der Waals surface area contributed by atoms with Crippen LogP contribution in [0.15, 0.2) is 41.5 Å². The first-order valence-corrected chi connectivity index (χ1v) is 12.0. The van der Waals surface area contributed by atoms with E-state index < -0.39 is 54.7 Å². The van der Waals surface area contributed by atoms with E-state index in [1.165, 1.54) is 37.4 Å². The average Bonchev–Trinajstić information content (AvgIpc) is 3.37. The van der Waals surface area contributed by atoms with Gasteiger partial charge in [-0.15, -0.1) is 0 Å². The molecule has 11 nitrogen and oxygen atoms in total. The molecule has 0 spiro atoms. The lowest BCUT2D eigenvalue weighted by Crippen LogP contribution is -2.41. The molecule has 1 aliphatic rings. The second kappa shape index (κ2) is 11.6. The van der Waals surface area contributed by atoms with E-state index in [-0.39, 0.29) is 29.8 Å². The number of aromatic nitrogens is 2. The maximum Gasteiger partial charge on any atom is 0.416 e. The Kier molecular flexibility index (Phi) is 8.21. The number of H-pyrrole nitrogens is 1. The number of guanidine groups is 1. The Labute approximate surface area is 224 Å². The van der Waals surface area contributed by atoms with E-state index in [0.717, 1.165) is 6.07 Å². The number of anilines is 1. The van der Waals surface area contributed by atoms with Crippen molar-refractivity contribution in [2.24, 2.45) is 4.99 Å². The number of hydrogen-bond acceptors (Lipinski definition) is 7. The summed E-state index contributed by atoms with van der Waals surface area (Å²) < 4.78 is 53.4. The smallest absolute Gasteiger partial charge is 0.416 e. The van der Waals surface area contributed by atoms with Crippen LogP contribution in [0.1, 0.15) is 39.5 Å². The quantitative estimate of drug-likeness (QED) is 0.230. The van der Waals surface area contributed by atoms with Crippen molar-refractivity contribution in [1.29, 1.82) is 0 Å². The van der Waals surface area contributed by atoms with Crippen LogP contribution >= 0.6 is 0 Å². The number of carboxylic acid groups (broad SMARTS) is 1. The third kappa shape index (κ3) is 6.84. The molecular formula is C25H25F4N7O4. The highest BCUT2D eigenvalue weighted by Crippen LogP contribution is 2.34. The molecule has 1 aliphatic heterocycles. The maximum atomic E-state index is 13.4. The zero-order valence-corrected chi connectivity index (χ0v) is 21.0. The number of aliphatic imine (C=N–C) groups is 1. The number of carbonyl (C=O) groups excluding carboxylic acids is 2. The van der Waals surface area contributed by atoms with Gasteiger partial charge in [-0.05, 0) is 36.2 Å². The lowest BCUT2D eigenvalue weighted by molar-refractivity contribution is -0.138. The Morgan fingerprint density at radius 1 is 1.20 bits per heavy atom. The van der Waals surface area contributed by atoms with Crippen LogP contribution in [0.25, 0.3) is 10.9 Å². The fraction of sp³-hybridized carbons (Fsp3) is 0.320. The zero-order valence-electron chi connectivity index (χ0n) is 21.0. The molecule has 1 aromatic heterocycles. The van der Waals surface area contributed by atoms with E-state index >= 15 is 0 Å². The van der Waals surface area contributed by atoms with Gasteiger partial charge in [-0.3, -0.25) is 19.5 Å². The average molecular weight is 564 g/mol. The number of carbonyl (C=O) groups is 3. The van der Waals surface area contributed by atoms with E-state index in [4.69, 9.17) is 0 Å². The summed E-state index contributed by atoms with van der Waals surface area (Å²) in [4.78, 5) is 40.9. The molecule has 0 radical (unpaired) electrons. The SMILES string of the molecule is Cc1ccc(C(CC(=O)O)NC(=O)CNC(=O)c2cc(NC3=NCC(F)CN3)c3cn[nH]c3c2)cc1C(F)(F)F. The van der Waals surface area contributed by atoms with Gasteiger partial charge in [-0.1, -0.05) is 12.1 Å². The second-order valence-corrected chi connectivity index (χ2v) is 9.12. The molecule has 0 bridgehead atoms. The van der Waals surface area contributed by atoms with Gasteiger partial charge in [-0.2, -0.15) is 18.3 Å². The minimum atomic E-state index is -4.66. The molecule has 40 heavy (non-hydrogen) atoms. The number of rotatable bonds is 8. The molecule has 0 saturated heterocycles. The Morgan fingerprint density at radius 2 is 1.98 bits per heavy atom. The van der Waals surface area contributed by atoms with E-state index in [1.54, 1.807) is 0 Å². The number of carboxylic acids is 1. The van der Waals surface area contributed by atoms with Crippen molar-refractivity contribution in [2.75, 3.05) is 25.0 Å². The van der Waals surface area contributed by atoms with Gasteiger partial charge < -0.3 is 26.4 Å². The van der Waals surface area contributed by atoms with Gasteiger partial charge in [0.15, 0.2) is 5.96 Å². The first kappa shape index (κ1) is 28.3. The van der Waals surface area contributed by atoms with Gasteiger partial charge in [0.2, 0.25) is 5.91 Å². The molecule has 3 aromatic rings. The van der Waals surface area contributed by atoms with Gasteiger partial charge in [0.05, 0.1) is 55.1 Å². The number of aliphatic carboxylic acids is 1. The number of benzene rings is 2. The molecule has 0 aliphatic carbocycles. The molecule has 2 atom stereocenters. The number of nitrogens with one attached hydrogen (secondary N) is 5. The van der Waals surface area contributed by atoms with Gasteiger partial charge in [0, 0.05) is 10.9 Å². The molecule has 6 N–H and O–H groups in total. The van der Waals surface area contributed by atoms with Crippen LogP contribution in [-0.4, -0.2) is 64.9 Å². The van der Waals surface area contributed by atoms with Crippen LogP contribution in [0.4, 0.5) is 23.2 Å². The van der Waals surface area contributed by atoms with Crippen LogP contribution < -0.4 is 21.3 Å². The topological polar surface area (TPSA) is 161 Å². The number of fused-ring (bicyclic) bond motifs is 1. The fourth-order valence-corrected chi connectivity index (χ4v) is 4.11. The van der Waals surface area contributed by atoms with Crippen molar-refractivity contribution in [3.05, 3.63) is 58.8 Å². The van der Waals surface area contributed by atoms with Crippen molar-refractivity contribution in [1.82, 2.24) is 26.1 Å². The Bertz CT molecular complexity index is 1470. The molecule has 2 unspecified atom stereocenters. The molecule has 2 aromatic carbocycles. The number of alkyl halides is 4. The third-order valence-corrected chi connectivity index (χ3v) is 6.11. The number of hydrogen-bond donors (Lipinski definition) is 6. The fourth-order valence-electron chi connectivity index (χ4n) is 4.11. The predicted molar refractivity (Wildman–Crippen MR) is 137 cm³/mol. The van der Waals surface area contributed by atoms with Crippen LogP contribution in [-0.2, 0) is 15.8 Å². The summed E-state index contributed by atoms with van der Waals surface area (Å²) in [5.41, 5.74) is 0.0120. The number of aromatic amines is 1. The van der Waals surface area contributed by atoms with E-state index in [0.29, 0.717) is 22.5 Å².